The molecule has 0 saturated carbocycles. The highest BCUT2D eigenvalue weighted by Gasteiger charge is 2.04. The second-order valence-corrected chi connectivity index (χ2v) is 6.60. The Morgan fingerprint density at radius 2 is 1.59 bits per heavy atom. The summed E-state index contributed by atoms with van der Waals surface area (Å²) in [5, 5.41) is 8.54. The first-order valence-electron chi connectivity index (χ1n) is 9.14. The molecule has 144 valence electrons. The van der Waals surface area contributed by atoms with E-state index in [0.717, 1.165) is 28.9 Å². The van der Waals surface area contributed by atoms with Crippen LogP contribution in [-0.2, 0) is 17.9 Å². The highest BCUT2D eigenvalue weighted by molar-refractivity contribution is 5.90. The van der Waals surface area contributed by atoms with Crippen LogP contribution in [0, 0.1) is 0 Å². The maximum Gasteiger partial charge on any atom is 0.315 e. The lowest BCUT2D eigenvalue weighted by Crippen LogP contribution is -2.34. The van der Waals surface area contributed by atoms with Crippen LogP contribution in [0.15, 0.2) is 48.5 Å². The number of anilines is 2. The first-order valence-corrected chi connectivity index (χ1v) is 9.14. The fraction of sp³-hybridized carbons (Fsp3) is 0.333. The van der Waals surface area contributed by atoms with Crippen molar-refractivity contribution in [2.75, 3.05) is 24.3 Å². The molecule has 3 N–H and O–H groups in total. The number of benzene rings is 2. The summed E-state index contributed by atoms with van der Waals surface area (Å²) >= 11 is 0. The summed E-state index contributed by atoms with van der Waals surface area (Å²) < 4.78 is 0. The SMILES string of the molecule is CCCC(=O)Nc1cccc(CNC(=O)NCc2ccc(N(C)C)cc2)c1. The minimum atomic E-state index is -0.230. The maximum absolute atomic E-state index is 12.0. The smallest absolute Gasteiger partial charge is 0.315 e. The Labute approximate surface area is 161 Å². The van der Waals surface area contributed by atoms with Gasteiger partial charge in [-0.15, -0.1) is 0 Å². The largest absolute Gasteiger partial charge is 0.378 e. The van der Waals surface area contributed by atoms with Gasteiger partial charge < -0.3 is 20.9 Å². The second-order valence-electron chi connectivity index (χ2n) is 6.60. The molecule has 0 aliphatic carbocycles. The lowest BCUT2D eigenvalue weighted by Gasteiger charge is -2.13. The summed E-state index contributed by atoms with van der Waals surface area (Å²) in [5.41, 5.74) is 3.83. The summed E-state index contributed by atoms with van der Waals surface area (Å²) in [5.74, 6) is 0.000590. The molecular weight excluding hydrogens is 340 g/mol. The van der Waals surface area contributed by atoms with Crippen molar-refractivity contribution in [1.29, 1.82) is 0 Å². The zero-order chi connectivity index (χ0) is 19.6. The Morgan fingerprint density at radius 1 is 0.926 bits per heavy atom. The van der Waals surface area contributed by atoms with Gasteiger partial charge in [-0.2, -0.15) is 0 Å². The molecule has 0 heterocycles. The van der Waals surface area contributed by atoms with E-state index in [1.807, 2.05) is 74.4 Å². The van der Waals surface area contributed by atoms with Crippen LogP contribution in [0.1, 0.15) is 30.9 Å². The van der Waals surface area contributed by atoms with Crippen molar-refractivity contribution in [2.45, 2.75) is 32.9 Å². The summed E-state index contributed by atoms with van der Waals surface area (Å²) in [7, 11) is 3.98. The zero-order valence-corrected chi connectivity index (χ0v) is 16.2. The van der Waals surface area contributed by atoms with E-state index in [-0.39, 0.29) is 11.9 Å². The van der Waals surface area contributed by atoms with Crippen LogP contribution in [0.3, 0.4) is 0 Å². The third-order valence-corrected chi connectivity index (χ3v) is 4.05. The first-order chi connectivity index (χ1) is 13.0. The summed E-state index contributed by atoms with van der Waals surface area (Å²) in [6, 6.07) is 15.3. The van der Waals surface area contributed by atoms with Crippen molar-refractivity contribution in [1.82, 2.24) is 10.6 Å². The molecule has 0 unspecified atom stereocenters. The van der Waals surface area contributed by atoms with E-state index in [1.54, 1.807) is 0 Å². The number of amides is 3. The molecule has 27 heavy (non-hydrogen) atoms. The lowest BCUT2D eigenvalue weighted by atomic mass is 10.2. The average molecular weight is 368 g/mol. The topological polar surface area (TPSA) is 73.5 Å². The lowest BCUT2D eigenvalue weighted by molar-refractivity contribution is -0.116. The minimum Gasteiger partial charge on any atom is -0.378 e. The predicted molar refractivity (Wildman–Crippen MR) is 110 cm³/mol. The number of rotatable bonds is 8. The van der Waals surface area contributed by atoms with Gasteiger partial charge in [-0.3, -0.25) is 4.79 Å². The molecule has 6 nitrogen and oxygen atoms in total. The third-order valence-electron chi connectivity index (χ3n) is 4.05. The maximum atomic E-state index is 12.0. The standard InChI is InChI=1S/C21H28N4O2/c1-4-6-20(26)24-18-8-5-7-17(13-18)15-23-21(27)22-14-16-9-11-19(12-10-16)25(2)3/h5,7-13H,4,6,14-15H2,1-3H3,(H,24,26)(H2,22,23,27). The molecule has 0 aliphatic heterocycles. The normalized spacial score (nSPS) is 10.2. The van der Waals surface area contributed by atoms with E-state index in [0.29, 0.717) is 19.5 Å². The minimum absolute atomic E-state index is 0.000590. The van der Waals surface area contributed by atoms with Gasteiger partial charge in [0.1, 0.15) is 0 Å². The van der Waals surface area contributed by atoms with Crippen molar-refractivity contribution < 1.29 is 9.59 Å². The van der Waals surface area contributed by atoms with Gasteiger partial charge >= 0.3 is 6.03 Å². The van der Waals surface area contributed by atoms with Crippen molar-refractivity contribution in [3.05, 3.63) is 59.7 Å². The average Bonchev–Trinajstić information content (AvgIpc) is 2.65. The number of carbonyl (C=O) groups is 2. The molecule has 0 aliphatic rings. The molecule has 3 amide bonds. The van der Waals surface area contributed by atoms with E-state index in [2.05, 4.69) is 16.0 Å². The van der Waals surface area contributed by atoms with Crippen LogP contribution in [0.4, 0.5) is 16.2 Å². The van der Waals surface area contributed by atoms with Gasteiger partial charge in [0, 0.05) is 45.0 Å². The first kappa shape index (κ1) is 20.3. The molecule has 0 fully saturated rings. The summed E-state index contributed by atoms with van der Waals surface area (Å²) in [6.45, 7) is 2.82. The number of nitrogens with one attached hydrogen (secondary N) is 3. The van der Waals surface area contributed by atoms with Crippen molar-refractivity contribution in [2.24, 2.45) is 0 Å². The van der Waals surface area contributed by atoms with Gasteiger partial charge in [-0.05, 0) is 41.8 Å². The molecule has 0 aromatic heterocycles. The van der Waals surface area contributed by atoms with E-state index >= 15 is 0 Å². The third kappa shape index (κ3) is 7.01. The molecular formula is C21H28N4O2. The van der Waals surface area contributed by atoms with E-state index in [4.69, 9.17) is 0 Å². The molecule has 0 atom stereocenters. The number of urea groups is 1. The highest BCUT2D eigenvalue weighted by atomic mass is 16.2. The Bertz CT molecular complexity index is 757. The Kier molecular flexibility index (Phi) is 7.67. The van der Waals surface area contributed by atoms with Crippen LogP contribution in [0.5, 0.6) is 0 Å². The fourth-order valence-corrected chi connectivity index (χ4v) is 2.55. The number of nitrogens with zero attached hydrogens (tertiary/aromatic N) is 1. The highest BCUT2D eigenvalue weighted by Crippen LogP contribution is 2.12. The molecule has 0 spiro atoms. The van der Waals surface area contributed by atoms with Gasteiger partial charge in [-0.25, -0.2) is 4.79 Å². The molecule has 2 aromatic carbocycles. The van der Waals surface area contributed by atoms with Crippen LogP contribution in [-0.4, -0.2) is 26.0 Å². The molecule has 2 aromatic rings. The van der Waals surface area contributed by atoms with Crippen LogP contribution in [0.25, 0.3) is 0 Å². The molecule has 0 bridgehead atoms. The van der Waals surface area contributed by atoms with Gasteiger partial charge in [-0.1, -0.05) is 31.2 Å². The van der Waals surface area contributed by atoms with Gasteiger partial charge in [0.2, 0.25) is 5.91 Å². The van der Waals surface area contributed by atoms with Gasteiger partial charge in [0.05, 0.1) is 0 Å². The van der Waals surface area contributed by atoms with Crippen LogP contribution in [0.2, 0.25) is 0 Å². The van der Waals surface area contributed by atoms with E-state index < -0.39 is 0 Å². The molecule has 6 heteroatoms. The Hall–Kier alpha value is -3.02. The molecule has 2 rings (SSSR count). The zero-order valence-electron chi connectivity index (χ0n) is 16.2. The van der Waals surface area contributed by atoms with Crippen molar-refractivity contribution in [3.8, 4) is 0 Å². The molecule has 0 radical (unpaired) electrons. The van der Waals surface area contributed by atoms with Crippen molar-refractivity contribution >= 4 is 23.3 Å². The monoisotopic (exact) mass is 368 g/mol. The van der Waals surface area contributed by atoms with Gasteiger partial charge in [0.25, 0.3) is 0 Å². The second kappa shape index (κ2) is 10.2. The fourth-order valence-electron chi connectivity index (χ4n) is 2.55. The van der Waals surface area contributed by atoms with Gasteiger partial charge in [0.15, 0.2) is 0 Å². The number of carbonyl (C=O) groups excluding carboxylic acids is 2. The van der Waals surface area contributed by atoms with Crippen LogP contribution >= 0.6 is 0 Å². The quantitative estimate of drug-likeness (QED) is 0.668. The van der Waals surface area contributed by atoms with E-state index in [1.165, 1.54) is 0 Å². The van der Waals surface area contributed by atoms with Crippen LogP contribution < -0.4 is 20.9 Å². The van der Waals surface area contributed by atoms with E-state index in [9.17, 15) is 9.59 Å². The Balaban J connectivity index is 1.79. The number of hydrogen-bond acceptors (Lipinski definition) is 3. The number of hydrogen-bond donors (Lipinski definition) is 3. The predicted octanol–water partition coefficient (Wildman–Crippen LogP) is 3.49. The van der Waals surface area contributed by atoms with Crippen molar-refractivity contribution in [3.63, 3.8) is 0 Å². The Morgan fingerprint density at radius 3 is 2.22 bits per heavy atom. The summed E-state index contributed by atoms with van der Waals surface area (Å²) in [4.78, 5) is 25.7. The molecule has 0 saturated heterocycles. The summed E-state index contributed by atoms with van der Waals surface area (Å²) in [6.07, 6.45) is 1.31.